The van der Waals surface area contributed by atoms with E-state index >= 15 is 0 Å². The average molecular weight is 272 g/mol. The first kappa shape index (κ1) is 13.1. The fraction of sp³-hybridized carbons (Fsp3) is 0.312. The molecule has 0 unspecified atom stereocenters. The van der Waals surface area contributed by atoms with E-state index in [4.69, 9.17) is 0 Å². The number of aromatic nitrogens is 1. The van der Waals surface area contributed by atoms with E-state index in [1.807, 2.05) is 36.5 Å². The summed E-state index contributed by atoms with van der Waals surface area (Å²) in [7, 11) is 0. The summed E-state index contributed by atoms with van der Waals surface area (Å²) in [6.07, 6.45) is 1.83. The molecular weight excluding hydrogens is 253 g/mol. The van der Waals surface area contributed by atoms with Crippen molar-refractivity contribution in [1.29, 1.82) is 0 Å². The molecular formula is C16H19FN3+. The summed E-state index contributed by atoms with van der Waals surface area (Å²) < 4.78 is 13.7. The van der Waals surface area contributed by atoms with Crippen molar-refractivity contribution >= 4 is 5.82 Å². The molecule has 3 nitrogen and oxygen atoms in total. The summed E-state index contributed by atoms with van der Waals surface area (Å²) in [5.41, 5.74) is 0.814. The maximum atomic E-state index is 13.7. The van der Waals surface area contributed by atoms with Gasteiger partial charge in [0.15, 0.2) is 0 Å². The fourth-order valence-corrected chi connectivity index (χ4v) is 2.68. The van der Waals surface area contributed by atoms with Crippen LogP contribution in [0.15, 0.2) is 48.7 Å². The molecule has 0 amide bonds. The molecule has 104 valence electrons. The minimum absolute atomic E-state index is 0.0906. The highest BCUT2D eigenvalue weighted by atomic mass is 19.1. The molecule has 20 heavy (non-hydrogen) atoms. The number of benzene rings is 1. The number of anilines is 1. The van der Waals surface area contributed by atoms with Crippen molar-refractivity contribution in [3.8, 4) is 0 Å². The maximum absolute atomic E-state index is 13.7. The minimum Gasteiger partial charge on any atom is -0.345 e. The maximum Gasteiger partial charge on any atom is 0.132 e. The Balaban J connectivity index is 1.58. The Labute approximate surface area is 118 Å². The highest BCUT2D eigenvalue weighted by molar-refractivity contribution is 5.37. The normalized spacial score (nSPS) is 16.4. The molecule has 1 aromatic carbocycles. The molecule has 0 spiro atoms. The quantitative estimate of drug-likeness (QED) is 0.904. The van der Waals surface area contributed by atoms with Crippen LogP contribution >= 0.6 is 0 Å². The second-order valence-corrected chi connectivity index (χ2v) is 5.19. The zero-order valence-electron chi connectivity index (χ0n) is 11.4. The van der Waals surface area contributed by atoms with Gasteiger partial charge in [-0.3, -0.25) is 0 Å². The number of hydrogen-bond acceptors (Lipinski definition) is 2. The molecule has 0 aliphatic carbocycles. The number of rotatable bonds is 3. The summed E-state index contributed by atoms with van der Waals surface area (Å²) in [5.74, 6) is 0.949. The lowest BCUT2D eigenvalue weighted by Gasteiger charge is -2.32. The molecule has 2 heterocycles. The van der Waals surface area contributed by atoms with Crippen molar-refractivity contribution in [3.05, 3.63) is 60.0 Å². The third kappa shape index (κ3) is 2.96. The summed E-state index contributed by atoms with van der Waals surface area (Å²) in [6, 6.07) is 13.1. The van der Waals surface area contributed by atoms with Crippen LogP contribution in [0.4, 0.5) is 10.2 Å². The smallest absolute Gasteiger partial charge is 0.132 e. The van der Waals surface area contributed by atoms with E-state index in [-0.39, 0.29) is 5.82 Å². The number of nitrogens with zero attached hydrogens (tertiary/aromatic N) is 2. The first-order valence-electron chi connectivity index (χ1n) is 7.06. The predicted octanol–water partition coefficient (Wildman–Crippen LogP) is 1.13. The van der Waals surface area contributed by atoms with Crippen molar-refractivity contribution < 1.29 is 9.29 Å². The molecule has 1 saturated heterocycles. The number of halogens is 1. The highest BCUT2D eigenvalue weighted by Gasteiger charge is 2.21. The molecule has 4 heteroatoms. The lowest BCUT2D eigenvalue weighted by molar-refractivity contribution is -0.914. The fourth-order valence-electron chi connectivity index (χ4n) is 2.68. The number of pyridine rings is 1. The Morgan fingerprint density at radius 1 is 1.05 bits per heavy atom. The van der Waals surface area contributed by atoms with Crippen LogP contribution in [-0.2, 0) is 6.54 Å². The van der Waals surface area contributed by atoms with Gasteiger partial charge >= 0.3 is 0 Å². The lowest BCUT2D eigenvalue weighted by Crippen LogP contribution is -3.13. The van der Waals surface area contributed by atoms with Crippen molar-refractivity contribution in [2.45, 2.75) is 6.54 Å². The Morgan fingerprint density at radius 2 is 1.80 bits per heavy atom. The topological polar surface area (TPSA) is 20.6 Å². The molecule has 1 aliphatic heterocycles. The van der Waals surface area contributed by atoms with E-state index in [1.54, 1.807) is 12.1 Å². The molecule has 1 aliphatic rings. The van der Waals surface area contributed by atoms with E-state index in [9.17, 15) is 4.39 Å². The van der Waals surface area contributed by atoms with Crippen molar-refractivity contribution in [2.24, 2.45) is 0 Å². The minimum atomic E-state index is -0.0906. The van der Waals surface area contributed by atoms with Crippen LogP contribution in [0.5, 0.6) is 0 Å². The largest absolute Gasteiger partial charge is 0.345 e. The van der Waals surface area contributed by atoms with Gasteiger partial charge in [0.2, 0.25) is 0 Å². The first-order valence-corrected chi connectivity index (χ1v) is 7.06. The summed E-state index contributed by atoms with van der Waals surface area (Å²) in [5, 5.41) is 0. The van der Waals surface area contributed by atoms with Gasteiger partial charge in [-0.15, -0.1) is 0 Å². The van der Waals surface area contributed by atoms with E-state index in [1.165, 1.54) is 4.90 Å². The zero-order chi connectivity index (χ0) is 13.8. The standard InChI is InChI=1S/C16H18FN3/c17-15-6-2-1-5-14(15)13-19-9-11-20(12-10-19)16-7-3-4-8-18-16/h1-8H,9-13H2/p+1. The third-order valence-corrected chi connectivity index (χ3v) is 3.84. The molecule has 3 rings (SSSR count). The Morgan fingerprint density at radius 3 is 2.50 bits per heavy atom. The first-order chi connectivity index (χ1) is 9.83. The summed E-state index contributed by atoms with van der Waals surface area (Å²) >= 11 is 0. The van der Waals surface area contributed by atoms with Crippen LogP contribution in [0.1, 0.15) is 5.56 Å². The van der Waals surface area contributed by atoms with Gasteiger partial charge < -0.3 is 9.80 Å². The third-order valence-electron chi connectivity index (χ3n) is 3.84. The Bertz CT molecular complexity index is 551. The van der Waals surface area contributed by atoms with E-state index in [0.29, 0.717) is 0 Å². The lowest BCUT2D eigenvalue weighted by atomic mass is 10.2. The van der Waals surface area contributed by atoms with Gasteiger partial charge in [0, 0.05) is 11.8 Å². The SMILES string of the molecule is Fc1ccccc1C[NH+]1CCN(c2ccccn2)CC1. The average Bonchev–Trinajstić information content (AvgIpc) is 2.51. The number of quaternary nitrogens is 1. The van der Waals surface area contributed by atoms with E-state index in [0.717, 1.165) is 44.1 Å². The van der Waals surface area contributed by atoms with E-state index < -0.39 is 0 Å². The zero-order valence-corrected chi connectivity index (χ0v) is 11.4. The number of nitrogens with one attached hydrogen (secondary N) is 1. The van der Waals surface area contributed by atoms with Gasteiger partial charge in [0.05, 0.1) is 26.2 Å². The number of piperazine rings is 1. The van der Waals surface area contributed by atoms with Crippen molar-refractivity contribution in [2.75, 3.05) is 31.1 Å². The van der Waals surface area contributed by atoms with Gasteiger partial charge in [0.25, 0.3) is 0 Å². The van der Waals surface area contributed by atoms with Crippen LogP contribution in [-0.4, -0.2) is 31.2 Å². The molecule has 0 atom stereocenters. The molecule has 1 aromatic heterocycles. The van der Waals surface area contributed by atoms with E-state index in [2.05, 4.69) is 9.88 Å². The van der Waals surface area contributed by atoms with Crippen LogP contribution in [0.2, 0.25) is 0 Å². The Kier molecular flexibility index (Phi) is 3.92. The molecule has 1 N–H and O–H groups in total. The van der Waals surface area contributed by atoms with Crippen molar-refractivity contribution in [3.63, 3.8) is 0 Å². The van der Waals surface area contributed by atoms with Gasteiger partial charge in [-0.1, -0.05) is 24.3 Å². The Hall–Kier alpha value is -1.94. The van der Waals surface area contributed by atoms with Gasteiger partial charge in [0.1, 0.15) is 18.2 Å². The molecule has 0 bridgehead atoms. The van der Waals surface area contributed by atoms with Gasteiger partial charge in [-0.25, -0.2) is 9.37 Å². The van der Waals surface area contributed by atoms with Crippen molar-refractivity contribution in [1.82, 2.24) is 4.98 Å². The summed E-state index contributed by atoms with van der Waals surface area (Å²) in [4.78, 5) is 8.11. The predicted molar refractivity (Wildman–Crippen MR) is 77.3 cm³/mol. The molecule has 0 saturated carbocycles. The molecule has 0 radical (unpaired) electrons. The second kappa shape index (κ2) is 6.01. The molecule has 2 aromatic rings. The molecule has 1 fully saturated rings. The number of hydrogen-bond donors (Lipinski definition) is 1. The van der Waals surface area contributed by atoms with Gasteiger partial charge in [-0.05, 0) is 18.2 Å². The monoisotopic (exact) mass is 272 g/mol. The van der Waals surface area contributed by atoms with Crippen LogP contribution in [0, 0.1) is 5.82 Å². The highest BCUT2D eigenvalue weighted by Crippen LogP contribution is 2.09. The second-order valence-electron chi connectivity index (χ2n) is 5.19. The van der Waals surface area contributed by atoms with Crippen LogP contribution < -0.4 is 9.80 Å². The summed E-state index contributed by atoms with van der Waals surface area (Å²) in [6.45, 7) is 4.75. The van der Waals surface area contributed by atoms with Crippen LogP contribution in [0.3, 0.4) is 0 Å². The van der Waals surface area contributed by atoms with Crippen LogP contribution in [0.25, 0.3) is 0 Å². The van der Waals surface area contributed by atoms with Gasteiger partial charge in [-0.2, -0.15) is 0 Å².